The van der Waals surface area contributed by atoms with Crippen molar-refractivity contribution < 1.29 is 23.8 Å². The van der Waals surface area contributed by atoms with E-state index < -0.39 is 12.2 Å². The molecule has 0 bridgehead atoms. The first-order chi connectivity index (χ1) is 19.7. The van der Waals surface area contributed by atoms with Crippen molar-refractivity contribution in [2.45, 2.75) is 33.9 Å². The number of hydrogen-bond acceptors (Lipinski definition) is 9. The average molecular weight is 553 g/mol. The second kappa shape index (κ2) is 11.4. The molecular formula is C30H28N6O5. The summed E-state index contributed by atoms with van der Waals surface area (Å²) in [5, 5.41) is 19.1. The fourth-order valence-corrected chi connectivity index (χ4v) is 4.36. The van der Waals surface area contributed by atoms with E-state index in [4.69, 9.17) is 14.2 Å². The molecule has 0 spiro atoms. The van der Waals surface area contributed by atoms with Gasteiger partial charge >= 0.3 is 5.97 Å². The fourth-order valence-electron chi connectivity index (χ4n) is 4.36. The lowest BCUT2D eigenvalue weighted by Gasteiger charge is -2.20. The molecule has 3 aromatic carbocycles. The molecule has 0 radical (unpaired) electrons. The zero-order chi connectivity index (χ0) is 29.1. The molecule has 1 atom stereocenters. The van der Waals surface area contributed by atoms with Gasteiger partial charge in [-0.25, -0.2) is 4.68 Å². The summed E-state index contributed by atoms with van der Waals surface area (Å²) in [6.45, 7) is 6.56. The molecule has 0 N–H and O–H groups in total. The topological polar surface area (TPSA) is 120 Å². The summed E-state index contributed by atoms with van der Waals surface area (Å²) in [5.41, 5.74) is 5.20. The van der Waals surface area contributed by atoms with Crippen molar-refractivity contribution in [2.75, 3.05) is 7.11 Å². The third-order valence-electron chi connectivity index (χ3n) is 6.33. The van der Waals surface area contributed by atoms with Gasteiger partial charge in [-0.15, -0.1) is 10.2 Å². The van der Waals surface area contributed by atoms with Gasteiger partial charge in [-0.05, 0) is 68.4 Å². The van der Waals surface area contributed by atoms with E-state index in [2.05, 4.69) is 20.4 Å². The fraction of sp³-hybridized carbons (Fsp3) is 0.200. The van der Waals surface area contributed by atoms with Crippen LogP contribution in [0.25, 0.3) is 5.69 Å². The van der Waals surface area contributed by atoms with E-state index in [-0.39, 0.29) is 17.6 Å². The number of carbonyl (C=O) groups is 2. The van der Waals surface area contributed by atoms with Crippen LogP contribution in [0.15, 0.2) is 88.1 Å². The van der Waals surface area contributed by atoms with Gasteiger partial charge in [-0.3, -0.25) is 9.59 Å². The molecule has 0 aliphatic carbocycles. The van der Waals surface area contributed by atoms with Crippen molar-refractivity contribution in [3.05, 3.63) is 95.3 Å². The Hall–Kier alpha value is -5.32. The van der Waals surface area contributed by atoms with Crippen LogP contribution in [0.5, 0.6) is 11.5 Å². The van der Waals surface area contributed by atoms with E-state index >= 15 is 0 Å². The number of aromatic nitrogens is 2. The van der Waals surface area contributed by atoms with Crippen LogP contribution in [0.2, 0.25) is 0 Å². The minimum atomic E-state index is -0.825. The molecule has 11 nitrogen and oxygen atoms in total. The highest BCUT2D eigenvalue weighted by atomic mass is 16.6. The number of hydrogen-bond donors (Lipinski definition) is 0. The van der Waals surface area contributed by atoms with E-state index in [0.29, 0.717) is 28.3 Å². The predicted molar refractivity (Wildman–Crippen MR) is 151 cm³/mol. The predicted octanol–water partition coefficient (Wildman–Crippen LogP) is 6.08. The van der Waals surface area contributed by atoms with Crippen molar-refractivity contribution in [1.29, 1.82) is 0 Å². The summed E-state index contributed by atoms with van der Waals surface area (Å²) < 4.78 is 18.5. The molecular weight excluding hydrogens is 524 g/mol. The largest absolute Gasteiger partial charge is 0.493 e. The van der Waals surface area contributed by atoms with Gasteiger partial charge in [0.05, 0.1) is 29.9 Å². The molecule has 2 heterocycles. The summed E-state index contributed by atoms with van der Waals surface area (Å²) >= 11 is 0. The molecule has 1 aromatic heterocycles. The van der Waals surface area contributed by atoms with Crippen molar-refractivity contribution in [3.8, 4) is 17.2 Å². The summed E-state index contributed by atoms with van der Waals surface area (Å²) in [4.78, 5) is 23.8. The number of carbonyl (C=O) groups excluding carboxylic acids is 2. The van der Waals surface area contributed by atoms with Gasteiger partial charge in [0.15, 0.2) is 11.5 Å². The van der Waals surface area contributed by atoms with Crippen molar-refractivity contribution in [2.24, 2.45) is 15.3 Å². The second-order valence-electron chi connectivity index (χ2n) is 9.26. The Kier molecular flexibility index (Phi) is 7.59. The third kappa shape index (κ3) is 5.69. The quantitative estimate of drug-likeness (QED) is 0.156. The molecule has 208 valence electrons. The third-order valence-corrected chi connectivity index (χ3v) is 6.33. The maximum atomic E-state index is 12.4. The van der Waals surface area contributed by atoms with Crippen molar-refractivity contribution >= 4 is 29.1 Å². The first-order valence-corrected chi connectivity index (χ1v) is 12.8. The van der Waals surface area contributed by atoms with Crippen LogP contribution >= 0.6 is 0 Å². The smallest absolute Gasteiger partial charge is 0.308 e. The van der Waals surface area contributed by atoms with Crippen LogP contribution in [0.3, 0.4) is 0 Å². The Morgan fingerprint density at radius 1 is 0.927 bits per heavy atom. The number of methoxy groups -OCH3 is 1. The number of aryl methyl sites for hydroxylation is 1. The Morgan fingerprint density at radius 3 is 2.32 bits per heavy atom. The summed E-state index contributed by atoms with van der Waals surface area (Å²) in [6, 6.07) is 21.9. The normalized spacial score (nSPS) is 14.6. The molecule has 4 aromatic rings. The summed E-state index contributed by atoms with van der Waals surface area (Å²) in [6.07, 6.45) is -0.825. The molecule has 1 aliphatic rings. The van der Waals surface area contributed by atoms with Gasteiger partial charge in [-0.1, -0.05) is 18.2 Å². The highest BCUT2D eigenvalue weighted by Gasteiger charge is 2.33. The number of azo groups is 1. The molecule has 0 fully saturated rings. The van der Waals surface area contributed by atoms with Crippen LogP contribution in [-0.4, -0.2) is 39.7 Å². The standard InChI is InChI=1S/C30H28N6O5/c1-18-28(19(2)35(33-18)25-9-7-6-8-10-25)32-31-24-14-11-22(12-15-24)29-34-36(20(3)37)30(41-29)23-13-16-26(40-21(4)38)27(17-23)39-5/h6-17,30H,1-5H3. The molecule has 5 rings (SSSR count). The van der Waals surface area contributed by atoms with Crippen molar-refractivity contribution in [3.63, 3.8) is 0 Å². The van der Waals surface area contributed by atoms with Crippen LogP contribution in [-0.2, 0) is 14.3 Å². The van der Waals surface area contributed by atoms with E-state index in [9.17, 15) is 9.59 Å². The van der Waals surface area contributed by atoms with Gasteiger partial charge in [0.1, 0.15) is 5.69 Å². The van der Waals surface area contributed by atoms with E-state index in [1.807, 2.05) is 48.9 Å². The number of para-hydroxylation sites is 1. The second-order valence-corrected chi connectivity index (χ2v) is 9.26. The molecule has 0 saturated carbocycles. The first-order valence-electron chi connectivity index (χ1n) is 12.8. The van der Waals surface area contributed by atoms with E-state index in [0.717, 1.165) is 17.1 Å². The highest BCUT2D eigenvalue weighted by Crippen LogP contribution is 2.36. The lowest BCUT2D eigenvalue weighted by molar-refractivity contribution is -0.135. The molecule has 1 aliphatic heterocycles. The lowest BCUT2D eigenvalue weighted by atomic mass is 10.1. The summed E-state index contributed by atoms with van der Waals surface area (Å²) in [7, 11) is 1.46. The van der Waals surface area contributed by atoms with Crippen molar-refractivity contribution in [1.82, 2.24) is 14.8 Å². The average Bonchev–Trinajstić information content (AvgIpc) is 3.54. The van der Waals surface area contributed by atoms with Crippen LogP contribution in [0.4, 0.5) is 11.4 Å². The Labute approximate surface area is 236 Å². The molecule has 1 amide bonds. The zero-order valence-electron chi connectivity index (χ0n) is 23.2. The van der Waals surface area contributed by atoms with Crippen LogP contribution in [0.1, 0.15) is 42.6 Å². The number of rotatable bonds is 7. The Morgan fingerprint density at radius 2 is 1.66 bits per heavy atom. The van der Waals surface area contributed by atoms with Gasteiger partial charge in [0.25, 0.3) is 0 Å². The molecule has 0 saturated heterocycles. The number of nitrogens with zero attached hydrogens (tertiary/aromatic N) is 6. The minimum absolute atomic E-state index is 0.264. The number of ether oxygens (including phenoxy) is 3. The Balaban J connectivity index is 1.34. The van der Waals surface area contributed by atoms with Crippen LogP contribution < -0.4 is 9.47 Å². The van der Waals surface area contributed by atoms with Gasteiger partial charge in [0, 0.05) is 25.0 Å². The minimum Gasteiger partial charge on any atom is -0.493 e. The number of benzene rings is 3. The van der Waals surface area contributed by atoms with E-state index in [1.165, 1.54) is 26.0 Å². The summed E-state index contributed by atoms with van der Waals surface area (Å²) in [5.74, 6) is 0.0833. The Bertz CT molecular complexity index is 1660. The van der Waals surface area contributed by atoms with Crippen LogP contribution in [0, 0.1) is 13.8 Å². The maximum Gasteiger partial charge on any atom is 0.308 e. The first kappa shape index (κ1) is 27.3. The van der Waals surface area contributed by atoms with E-state index in [1.54, 1.807) is 42.5 Å². The SMILES string of the molecule is COc1cc(C2OC(c3ccc(N=Nc4c(C)nn(-c5ccccc5)c4C)cc3)=NN2C(C)=O)ccc1OC(C)=O. The molecule has 41 heavy (non-hydrogen) atoms. The number of amides is 1. The van der Waals surface area contributed by atoms with Gasteiger partial charge in [0.2, 0.25) is 18.0 Å². The number of esters is 1. The highest BCUT2D eigenvalue weighted by molar-refractivity contribution is 5.96. The lowest BCUT2D eigenvalue weighted by Crippen LogP contribution is -2.25. The zero-order valence-corrected chi connectivity index (χ0v) is 23.2. The molecule has 1 unspecified atom stereocenters. The van der Waals surface area contributed by atoms with Gasteiger partial charge in [-0.2, -0.15) is 15.2 Å². The molecule has 11 heteroatoms. The number of hydrazone groups is 1. The monoisotopic (exact) mass is 552 g/mol. The van der Waals surface area contributed by atoms with Gasteiger partial charge < -0.3 is 14.2 Å². The maximum absolute atomic E-state index is 12.4.